The number of halogens is 1. The Morgan fingerprint density at radius 1 is 1.00 bits per heavy atom. The highest BCUT2D eigenvalue weighted by Crippen LogP contribution is 2.29. The van der Waals surface area contributed by atoms with E-state index in [0.29, 0.717) is 37.5 Å². The summed E-state index contributed by atoms with van der Waals surface area (Å²) in [5.41, 5.74) is 1.66. The van der Waals surface area contributed by atoms with Crippen LogP contribution in [0.3, 0.4) is 0 Å². The van der Waals surface area contributed by atoms with Gasteiger partial charge in [0.2, 0.25) is 0 Å². The van der Waals surface area contributed by atoms with E-state index in [1.807, 2.05) is 32.0 Å². The van der Waals surface area contributed by atoms with Gasteiger partial charge >= 0.3 is 0 Å². The second-order valence-corrected chi connectivity index (χ2v) is 6.36. The summed E-state index contributed by atoms with van der Waals surface area (Å²) >= 11 is 3.39. The lowest BCUT2D eigenvalue weighted by atomic mass is 10.1. The molecule has 6 heteroatoms. The molecular weight excluding hydrogens is 398 g/mol. The molecule has 0 aromatic heterocycles. The summed E-state index contributed by atoms with van der Waals surface area (Å²) in [4.78, 5) is 12.3. The predicted molar refractivity (Wildman–Crippen MR) is 106 cm³/mol. The summed E-state index contributed by atoms with van der Waals surface area (Å²) in [7, 11) is 1.59. The average molecular weight is 422 g/mol. The maximum Gasteiger partial charge on any atom is 0.251 e. The van der Waals surface area contributed by atoms with E-state index < -0.39 is 0 Å². The Balaban J connectivity index is 1.95. The molecule has 0 saturated heterocycles. The third-order valence-corrected chi connectivity index (χ3v) is 4.34. The average Bonchev–Trinajstić information content (AvgIpc) is 2.64. The molecule has 0 spiro atoms. The number of ether oxygens (including phenoxy) is 3. The lowest BCUT2D eigenvalue weighted by Gasteiger charge is -2.13. The summed E-state index contributed by atoms with van der Waals surface area (Å²) in [5.74, 6) is 2.05. The highest BCUT2D eigenvalue weighted by molar-refractivity contribution is 9.10. The fraction of sp³-hybridized carbons (Fsp3) is 0.350. The maximum atomic E-state index is 12.3. The van der Waals surface area contributed by atoms with E-state index in [0.717, 1.165) is 21.5 Å². The number of benzene rings is 2. The van der Waals surface area contributed by atoms with Crippen molar-refractivity contribution in [2.75, 3.05) is 26.9 Å². The van der Waals surface area contributed by atoms with Gasteiger partial charge in [0.25, 0.3) is 5.91 Å². The zero-order valence-corrected chi connectivity index (χ0v) is 16.9. The van der Waals surface area contributed by atoms with Crippen molar-refractivity contribution in [1.82, 2.24) is 5.32 Å². The standard InChI is InChI=1S/C20H24BrNO4/c1-4-25-18-8-6-14(12-19(18)26-5-2)10-11-22-20(23)15-7-9-17(24-3)16(21)13-15/h6-9,12-13H,4-5,10-11H2,1-3H3,(H,22,23). The van der Waals surface area contributed by atoms with Gasteiger partial charge in [0.15, 0.2) is 11.5 Å². The van der Waals surface area contributed by atoms with Gasteiger partial charge < -0.3 is 19.5 Å². The molecule has 0 aliphatic heterocycles. The molecule has 0 aliphatic carbocycles. The minimum Gasteiger partial charge on any atom is -0.496 e. The van der Waals surface area contributed by atoms with Crippen LogP contribution in [-0.4, -0.2) is 32.8 Å². The van der Waals surface area contributed by atoms with E-state index in [2.05, 4.69) is 21.2 Å². The molecule has 26 heavy (non-hydrogen) atoms. The van der Waals surface area contributed by atoms with Crippen LogP contribution in [0.4, 0.5) is 0 Å². The number of rotatable bonds is 9. The molecule has 1 amide bonds. The van der Waals surface area contributed by atoms with Crippen LogP contribution in [-0.2, 0) is 6.42 Å². The first-order valence-electron chi connectivity index (χ1n) is 8.59. The Kier molecular flexibility index (Phi) is 7.78. The minimum absolute atomic E-state index is 0.121. The SMILES string of the molecule is CCOc1ccc(CCNC(=O)c2ccc(OC)c(Br)c2)cc1OCC. The fourth-order valence-corrected chi connectivity index (χ4v) is 3.02. The van der Waals surface area contributed by atoms with Crippen LogP contribution in [0.1, 0.15) is 29.8 Å². The third kappa shape index (κ3) is 5.39. The van der Waals surface area contributed by atoms with E-state index in [1.165, 1.54) is 0 Å². The van der Waals surface area contributed by atoms with Crippen molar-refractivity contribution in [2.24, 2.45) is 0 Å². The highest BCUT2D eigenvalue weighted by Gasteiger charge is 2.10. The third-order valence-electron chi connectivity index (χ3n) is 3.72. The van der Waals surface area contributed by atoms with Crippen molar-refractivity contribution in [2.45, 2.75) is 20.3 Å². The zero-order chi connectivity index (χ0) is 18.9. The van der Waals surface area contributed by atoms with Gasteiger partial charge in [-0.05, 0) is 72.1 Å². The Hall–Kier alpha value is -2.21. The van der Waals surface area contributed by atoms with Gasteiger partial charge in [-0.3, -0.25) is 4.79 Å². The van der Waals surface area contributed by atoms with Crippen molar-refractivity contribution in [3.63, 3.8) is 0 Å². The molecule has 0 bridgehead atoms. The number of nitrogens with one attached hydrogen (secondary N) is 1. The zero-order valence-electron chi connectivity index (χ0n) is 15.3. The van der Waals surface area contributed by atoms with Gasteiger partial charge in [-0.2, -0.15) is 0 Å². The van der Waals surface area contributed by atoms with Gasteiger partial charge in [-0.15, -0.1) is 0 Å². The largest absolute Gasteiger partial charge is 0.496 e. The molecule has 2 aromatic carbocycles. The van der Waals surface area contributed by atoms with Crippen molar-refractivity contribution in [3.8, 4) is 17.2 Å². The molecule has 0 radical (unpaired) electrons. The van der Waals surface area contributed by atoms with E-state index >= 15 is 0 Å². The minimum atomic E-state index is -0.121. The van der Waals surface area contributed by atoms with Crippen LogP contribution in [0.15, 0.2) is 40.9 Å². The summed E-state index contributed by atoms with van der Waals surface area (Å²) < 4.78 is 17.1. The number of carbonyl (C=O) groups excluding carboxylic acids is 1. The summed E-state index contributed by atoms with van der Waals surface area (Å²) in [6.45, 7) is 5.58. The molecule has 0 atom stereocenters. The highest BCUT2D eigenvalue weighted by atomic mass is 79.9. The fourth-order valence-electron chi connectivity index (χ4n) is 2.48. The number of hydrogen-bond acceptors (Lipinski definition) is 4. The summed E-state index contributed by atoms with van der Waals surface area (Å²) in [5, 5.41) is 2.93. The first-order valence-corrected chi connectivity index (χ1v) is 9.38. The van der Waals surface area contributed by atoms with Crippen LogP contribution < -0.4 is 19.5 Å². The van der Waals surface area contributed by atoms with Gasteiger partial charge in [-0.1, -0.05) is 6.07 Å². The van der Waals surface area contributed by atoms with Crippen molar-refractivity contribution < 1.29 is 19.0 Å². The summed E-state index contributed by atoms with van der Waals surface area (Å²) in [6, 6.07) is 11.1. The van der Waals surface area contributed by atoms with Gasteiger partial charge in [0.05, 0.1) is 24.8 Å². The van der Waals surface area contributed by atoms with E-state index in [-0.39, 0.29) is 5.91 Å². The molecule has 2 rings (SSSR count). The van der Waals surface area contributed by atoms with Crippen LogP contribution in [0, 0.1) is 0 Å². The molecule has 0 saturated carbocycles. The number of hydrogen-bond donors (Lipinski definition) is 1. The summed E-state index contributed by atoms with van der Waals surface area (Å²) in [6.07, 6.45) is 0.704. The maximum absolute atomic E-state index is 12.3. The molecule has 0 aliphatic rings. The number of methoxy groups -OCH3 is 1. The van der Waals surface area contributed by atoms with E-state index in [9.17, 15) is 4.79 Å². The smallest absolute Gasteiger partial charge is 0.251 e. The lowest BCUT2D eigenvalue weighted by molar-refractivity contribution is 0.0954. The Bertz CT molecular complexity index is 749. The molecular formula is C20H24BrNO4. The van der Waals surface area contributed by atoms with E-state index in [1.54, 1.807) is 25.3 Å². The van der Waals surface area contributed by atoms with Crippen molar-refractivity contribution in [3.05, 3.63) is 52.0 Å². The van der Waals surface area contributed by atoms with E-state index in [4.69, 9.17) is 14.2 Å². The predicted octanol–water partition coefficient (Wildman–Crippen LogP) is 4.23. The topological polar surface area (TPSA) is 56.8 Å². The van der Waals surface area contributed by atoms with Crippen LogP contribution in [0.5, 0.6) is 17.2 Å². The second kappa shape index (κ2) is 10.1. The number of carbonyl (C=O) groups is 1. The van der Waals surface area contributed by atoms with Crippen LogP contribution in [0.2, 0.25) is 0 Å². The monoisotopic (exact) mass is 421 g/mol. The first kappa shape index (κ1) is 20.1. The molecule has 5 nitrogen and oxygen atoms in total. The van der Waals surface area contributed by atoms with Gasteiger partial charge in [0.1, 0.15) is 5.75 Å². The van der Waals surface area contributed by atoms with Crippen molar-refractivity contribution >= 4 is 21.8 Å². The van der Waals surface area contributed by atoms with Gasteiger partial charge in [-0.25, -0.2) is 0 Å². The lowest BCUT2D eigenvalue weighted by Crippen LogP contribution is -2.25. The van der Waals surface area contributed by atoms with Gasteiger partial charge in [0, 0.05) is 12.1 Å². The first-order chi connectivity index (χ1) is 12.6. The molecule has 1 N–H and O–H groups in total. The quantitative estimate of drug-likeness (QED) is 0.657. The molecule has 2 aromatic rings. The Morgan fingerprint density at radius 2 is 1.69 bits per heavy atom. The Morgan fingerprint density at radius 3 is 2.35 bits per heavy atom. The molecule has 0 heterocycles. The second-order valence-electron chi connectivity index (χ2n) is 5.50. The molecule has 140 valence electrons. The Labute approximate surface area is 162 Å². The number of amides is 1. The normalized spacial score (nSPS) is 10.3. The molecule has 0 unspecified atom stereocenters. The van der Waals surface area contributed by atoms with Crippen LogP contribution in [0.25, 0.3) is 0 Å². The van der Waals surface area contributed by atoms with Crippen molar-refractivity contribution in [1.29, 1.82) is 0 Å². The van der Waals surface area contributed by atoms with Crippen LogP contribution >= 0.6 is 15.9 Å². The molecule has 0 fully saturated rings.